The number of ether oxygens (including phenoxy) is 1. The van der Waals surface area contributed by atoms with Crippen molar-refractivity contribution in [1.82, 2.24) is 20.5 Å². The van der Waals surface area contributed by atoms with Crippen LogP contribution in [0.2, 0.25) is 0 Å². The van der Waals surface area contributed by atoms with Crippen LogP contribution >= 0.6 is 0 Å². The van der Waals surface area contributed by atoms with E-state index in [0.29, 0.717) is 29.2 Å². The quantitative estimate of drug-likeness (QED) is 0.589. The van der Waals surface area contributed by atoms with Crippen molar-refractivity contribution < 1.29 is 23.8 Å². The summed E-state index contributed by atoms with van der Waals surface area (Å²) in [5, 5.41) is 16.1. The molecule has 2 atom stereocenters. The highest BCUT2D eigenvalue weighted by atomic mass is 16.5. The number of fused-ring (bicyclic) bond motifs is 2. The van der Waals surface area contributed by atoms with Crippen molar-refractivity contribution in [2.45, 2.75) is 25.4 Å². The average Bonchev–Trinajstić information content (AvgIpc) is 3.36. The fourth-order valence-corrected chi connectivity index (χ4v) is 4.08. The summed E-state index contributed by atoms with van der Waals surface area (Å²) in [6.45, 7) is 2.17. The summed E-state index contributed by atoms with van der Waals surface area (Å²) in [5.41, 5.74) is 1.30. The van der Waals surface area contributed by atoms with Crippen LogP contribution in [0.1, 0.15) is 27.4 Å². The molecule has 30 heavy (non-hydrogen) atoms. The van der Waals surface area contributed by atoms with Gasteiger partial charge in [0.15, 0.2) is 11.9 Å². The number of methoxy groups -OCH3 is 1. The fraction of sp³-hybridized carbons (Fsp3) is 0.286. The summed E-state index contributed by atoms with van der Waals surface area (Å²) in [7, 11) is 1.54. The van der Waals surface area contributed by atoms with Crippen LogP contribution in [0, 0.1) is 6.92 Å². The summed E-state index contributed by atoms with van der Waals surface area (Å²) in [6, 6.07) is 8.81. The summed E-state index contributed by atoms with van der Waals surface area (Å²) < 4.78 is 11.2. The number of benzene rings is 1. The third-order valence-electron chi connectivity index (χ3n) is 5.62. The van der Waals surface area contributed by atoms with Crippen molar-refractivity contribution >= 4 is 22.8 Å². The number of aliphatic hydroxyl groups excluding tert-OH is 1. The number of nitrogens with zero attached hydrogens (tertiary/aromatic N) is 2. The van der Waals surface area contributed by atoms with Gasteiger partial charge in [-0.2, -0.15) is 0 Å². The van der Waals surface area contributed by atoms with Crippen molar-refractivity contribution in [2.24, 2.45) is 0 Å². The van der Waals surface area contributed by atoms with Crippen molar-refractivity contribution in [3.05, 3.63) is 59.1 Å². The van der Waals surface area contributed by atoms with Gasteiger partial charge in [-0.15, -0.1) is 0 Å². The molecule has 3 aromatic rings. The summed E-state index contributed by atoms with van der Waals surface area (Å²) in [5.74, 6) is 0.208. The first kappa shape index (κ1) is 18.6. The van der Waals surface area contributed by atoms with Crippen LogP contribution < -0.4 is 15.4 Å². The van der Waals surface area contributed by atoms with E-state index in [1.165, 1.54) is 0 Å². The lowest BCUT2D eigenvalue weighted by atomic mass is 9.95. The Morgan fingerprint density at radius 2 is 2.17 bits per heavy atom. The molecule has 154 valence electrons. The van der Waals surface area contributed by atoms with Gasteiger partial charge in [-0.1, -0.05) is 6.07 Å². The van der Waals surface area contributed by atoms with E-state index >= 15 is 0 Å². The molecule has 1 saturated heterocycles. The van der Waals surface area contributed by atoms with E-state index in [1.54, 1.807) is 42.5 Å². The number of hydrogen-bond donors (Lipinski definition) is 3. The number of carbonyl (C=O) groups is 2. The van der Waals surface area contributed by atoms with Crippen LogP contribution in [-0.2, 0) is 16.9 Å². The first-order valence-electron chi connectivity index (χ1n) is 9.49. The molecule has 5 rings (SSSR count). The second-order valence-corrected chi connectivity index (χ2v) is 7.58. The SMILES string of the molecule is COc1ccc2c(c1)C(=O)N(CC1(c3cc4cnc(C)cc4o3)NC(O)NC1=O)C2. The molecule has 1 aromatic carbocycles. The van der Waals surface area contributed by atoms with E-state index in [0.717, 1.165) is 16.6 Å². The maximum Gasteiger partial charge on any atom is 0.254 e. The van der Waals surface area contributed by atoms with Gasteiger partial charge in [0, 0.05) is 35.5 Å². The standard InChI is InChI=1S/C21H20N4O5/c1-11-5-16-13(8-22-11)6-17(30-16)21(19(27)23-20(28)24-21)10-25-9-12-3-4-14(29-2)7-15(12)18(25)26/h3-8,20,24,28H,9-10H2,1-2H3,(H,23,27). The molecule has 2 amide bonds. The van der Waals surface area contributed by atoms with E-state index in [2.05, 4.69) is 15.6 Å². The molecule has 0 radical (unpaired) electrons. The molecule has 2 aliphatic heterocycles. The van der Waals surface area contributed by atoms with Crippen molar-refractivity contribution in [3.8, 4) is 5.75 Å². The number of pyridine rings is 1. The monoisotopic (exact) mass is 408 g/mol. The van der Waals surface area contributed by atoms with E-state index in [4.69, 9.17) is 9.15 Å². The number of nitrogens with one attached hydrogen (secondary N) is 2. The van der Waals surface area contributed by atoms with Gasteiger partial charge in [-0.05, 0) is 30.7 Å². The molecular formula is C21H20N4O5. The summed E-state index contributed by atoms with van der Waals surface area (Å²) in [6.07, 6.45) is 0.406. The molecule has 9 nitrogen and oxygen atoms in total. The smallest absolute Gasteiger partial charge is 0.254 e. The molecule has 1 fully saturated rings. The highest BCUT2D eigenvalue weighted by Crippen LogP contribution is 2.35. The zero-order valence-corrected chi connectivity index (χ0v) is 16.4. The van der Waals surface area contributed by atoms with Crippen LogP contribution in [0.5, 0.6) is 5.75 Å². The lowest BCUT2D eigenvalue weighted by Gasteiger charge is -2.29. The number of amides is 2. The number of carbonyl (C=O) groups excluding carboxylic acids is 2. The Morgan fingerprint density at radius 1 is 1.33 bits per heavy atom. The molecule has 0 bridgehead atoms. The Labute approximate surface area is 171 Å². The molecule has 4 heterocycles. The molecule has 0 spiro atoms. The minimum atomic E-state index is -1.44. The van der Waals surface area contributed by atoms with Crippen LogP contribution in [0.25, 0.3) is 11.0 Å². The van der Waals surface area contributed by atoms with Gasteiger partial charge in [-0.3, -0.25) is 19.9 Å². The van der Waals surface area contributed by atoms with Crippen LogP contribution in [-0.4, -0.2) is 46.8 Å². The molecular weight excluding hydrogens is 388 g/mol. The van der Waals surface area contributed by atoms with E-state index < -0.39 is 17.8 Å². The number of aryl methyl sites for hydroxylation is 1. The summed E-state index contributed by atoms with van der Waals surface area (Å²) in [4.78, 5) is 31.8. The van der Waals surface area contributed by atoms with Gasteiger partial charge in [0.1, 0.15) is 17.1 Å². The van der Waals surface area contributed by atoms with Gasteiger partial charge in [-0.25, -0.2) is 0 Å². The normalized spacial score (nSPS) is 23.2. The minimum absolute atomic E-state index is 0.0159. The largest absolute Gasteiger partial charge is 0.497 e. The number of aromatic nitrogens is 1. The van der Waals surface area contributed by atoms with Crippen molar-refractivity contribution in [3.63, 3.8) is 0 Å². The zero-order valence-electron chi connectivity index (χ0n) is 16.4. The van der Waals surface area contributed by atoms with Gasteiger partial charge in [0.25, 0.3) is 11.8 Å². The first-order chi connectivity index (χ1) is 14.4. The third-order valence-corrected chi connectivity index (χ3v) is 5.62. The first-order valence-corrected chi connectivity index (χ1v) is 9.49. The molecule has 0 aliphatic carbocycles. The Kier molecular flexibility index (Phi) is 4.05. The van der Waals surface area contributed by atoms with Crippen LogP contribution in [0.4, 0.5) is 0 Å². The van der Waals surface area contributed by atoms with Crippen molar-refractivity contribution in [1.29, 1.82) is 0 Å². The van der Waals surface area contributed by atoms with E-state index in [1.807, 2.05) is 13.0 Å². The zero-order chi connectivity index (χ0) is 21.0. The minimum Gasteiger partial charge on any atom is -0.497 e. The predicted molar refractivity (Wildman–Crippen MR) is 105 cm³/mol. The topological polar surface area (TPSA) is 117 Å². The fourth-order valence-electron chi connectivity index (χ4n) is 4.08. The second kappa shape index (κ2) is 6.54. The third kappa shape index (κ3) is 2.74. The Balaban J connectivity index is 1.54. The number of rotatable bonds is 4. The maximum absolute atomic E-state index is 13.0. The van der Waals surface area contributed by atoms with E-state index in [-0.39, 0.29) is 12.5 Å². The highest BCUT2D eigenvalue weighted by Gasteiger charge is 2.52. The number of hydrogen-bond acceptors (Lipinski definition) is 7. The number of furan rings is 1. The number of aliphatic hydroxyl groups is 1. The second-order valence-electron chi connectivity index (χ2n) is 7.58. The van der Waals surface area contributed by atoms with E-state index in [9.17, 15) is 14.7 Å². The lowest BCUT2D eigenvalue weighted by molar-refractivity contribution is -0.125. The van der Waals surface area contributed by atoms with Gasteiger partial charge >= 0.3 is 0 Å². The maximum atomic E-state index is 13.0. The van der Waals surface area contributed by atoms with Crippen LogP contribution in [0.3, 0.4) is 0 Å². The van der Waals surface area contributed by atoms with Crippen molar-refractivity contribution in [2.75, 3.05) is 13.7 Å². The Bertz CT molecular complexity index is 1190. The average molecular weight is 408 g/mol. The Hall–Kier alpha value is -3.43. The molecule has 2 aliphatic rings. The van der Waals surface area contributed by atoms with Gasteiger partial charge in [0.05, 0.1) is 13.7 Å². The Morgan fingerprint density at radius 3 is 2.90 bits per heavy atom. The molecule has 2 aromatic heterocycles. The van der Waals surface area contributed by atoms with Gasteiger partial charge in [0.2, 0.25) is 0 Å². The lowest BCUT2D eigenvalue weighted by Crippen LogP contribution is -2.53. The highest BCUT2D eigenvalue weighted by molar-refractivity contribution is 6.00. The predicted octanol–water partition coefficient (Wildman–Crippen LogP) is 0.991. The summed E-state index contributed by atoms with van der Waals surface area (Å²) >= 11 is 0. The van der Waals surface area contributed by atoms with Gasteiger partial charge < -0.3 is 24.5 Å². The molecule has 0 saturated carbocycles. The molecule has 3 N–H and O–H groups in total. The molecule has 2 unspecified atom stereocenters. The van der Waals surface area contributed by atoms with Crippen LogP contribution in [0.15, 0.2) is 40.9 Å². The molecule has 9 heteroatoms.